The van der Waals surface area contributed by atoms with Gasteiger partial charge in [0.2, 0.25) is 0 Å². The van der Waals surface area contributed by atoms with Crippen LogP contribution in [0.25, 0.3) is 0 Å². The fourth-order valence-corrected chi connectivity index (χ4v) is 2.87. The van der Waals surface area contributed by atoms with E-state index in [4.69, 9.17) is 0 Å². The van der Waals surface area contributed by atoms with Gasteiger partial charge in [-0.1, -0.05) is 58.3 Å². The maximum Gasteiger partial charge on any atom is 1.00 e. The summed E-state index contributed by atoms with van der Waals surface area (Å²) in [6.07, 6.45) is 12.0. The standard InChI is InChI=1S/C15H32O4S.Na/c1-2-3-4-5-6-7-8-9-12-15(16)13-10-11-14-20(17,18)19;/h15-16H,2-14H2,1H3,(H,17,18,19);/q;+1/p-1. The number of hydrogen-bond donors (Lipinski definition) is 1. The summed E-state index contributed by atoms with van der Waals surface area (Å²) in [5.41, 5.74) is 0. The summed E-state index contributed by atoms with van der Waals surface area (Å²) in [7, 11) is -4.09. The predicted octanol–water partition coefficient (Wildman–Crippen LogP) is 0.598. The monoisotopic (exact) mass is 330 g/mol. The summed E-state index contributed by atoms with van der Waals surface area (Å²) in [4.78, 5) is 0. The van der Waals surface area contributed by atoms with E-state index in [1.165, 1.54) is 38.5 Å². The topological polar surface area (TPSA) is 77.4 Å². The van der Waals surface area contributed by atoms with Crippen LogP contribution in [0.4, 0.5) is 0 Å². The van der Waals surface area contributed by atoms with Gasteiger partial charge in [-0.15, -0.1) is 0 Å². The molecule has 1 unspecified atom stereocenters. The summed E-state index contributed by atoms with van der Waals surface area (Å²) < 4.78 is 31.2. The molecule has 0 spiro atoms. The van der Waals surface area contributed by atoms with Crippen molar-refractivity contribution in [3.63, 3.8) is 0 Å². The molecule has 0 aromatic carbocycles. The van der Waals surface area contributed by atoms with Crippen LogP contribution >= 0.6 is 0 Å². The van der Waals surface area contributed by atoms with Crippen LogP contribution in [-0.2, 0) is 10.1 Å². The largest absolute Gasteiger partial charge is 1.00 e. The summed E-state index contributed by atoms with van der Waals surface area (Å²) in [6, 6.07) is 0. The zero-order chi connectivity index (χ0) is 15.3. The smallest absolute Gasteiger partial charge is 0.748 e. The SMILES string of the molecule is CCCCCCCCCCC(O)CCCCS(=O)(=O)[O-].[Na+]. The third-order valence-corrected chi connectivity index (χ3v) is 4.36. The molecule has 0 rings (SSSR count). The molecule has 21 heavy (non-hydrogen) atoms. The van der Waals surface area contributed by atoms with Gasteiger partial charge in [-0.2, -0.15) is 0 Å². The second kappa shape index (κ2) is 15.8. The van der Waals surface area contributed by atoms with Crippen molar-refractivity contribution in [2.45, 2.75) is 90.1 Å². The third-order valence-electron chi connectivity index (χ3n) is 3.57. The van der Waals surface area contributed by atoms with E-state index in [1.807, 2.05) is 0 Å². The Hall–Kier alpha value is 0.870. The molecule has 122 valence electrons. The van der Waals surface area contributed by atoms with Gasteiger partial charge in [0.1, 0.15) is 0 Å². The van der Waals surface area contributed by atoms with Gasteiger partial charge < -0.3 is 9.66 Å². The molecule has 0 aliphatic rings. The molecule has 0 saturated carbocycles. The van der Waals surface area contributed by atoms with Gasteiger partial charge in [0.25, 0.3) is 0 Å². The molecule has 1 N–H and O–H groups in total. The first-order valence-corrected chi connectivity index (χ1v) is 9.65. The van der Waals surface area contributed by atoms with Gasteiger partial charge in [0.05, 0.1) is 16.2 Å². The minimum Gasteiger partial charge on any atom is -0.748 e. The first-order valence-electron chi connectivity index (χ1n) is 8.07. The number of aliphatic hydroxyl groups is 1. The van der Waals surface area contributed by atoms with Crippen LogP contribution in [0.3, 0.4) is 0 Å². The van der Waals surface area contributed by atoms with Gasteiger partial charge in [-0.3, -0.25) is 0 Å². The average molecular weight is 330 g/mol. The van der Waals surface area contributed by atoms with E-state index in [2.05, 4.69) is 6.92 Å². The molecule has 0 heterocycles. The number of rotatable bonds is 14. The average Bonchev–Trinajstić information content (AvgIpc) is 2.37. The molecule has 0 aromatic rings. The molecule has 0 aliphatic carbocycles. The molecule has 0 aliphatic heterocycles. The Morgan fingerprint density at radius 3 is 1.76 bits per heavy atom. The Kier molecular flexibility index (Phi) is 18.1. The second-order valence-corrected chi connectivity index (χ2v) is 7.20. The van der Waals surface area contributed by atoms with Crippen LogP contribution in [0.15, 0.2) is 0 Å². The van der Waals surface area contributed by atoms with Gasteiger partial charge in [0.15, 0.2) is 0 Å². The molecule has 0 radical (unpaired) electrons. The molecule has 0 amide bonds. The van der Waals surface area contributed by atoms with Crippen molar-refractivity contribution in [3.8, 4) is 0 Å². The number of hydrogen-bond acceptors (Lipinski definition) is 4. The molecule has 1 atom stereocenters. The van der Waals surface area contributed by atoms with Crippen LogP contribution in [0.2, 0.25) is 0 Å². The first-order chi connectivity index (χ1) is 9.45. The fourth-order valence-electron chi connectivity index (χ4n) is 2.32. The zero-order valence-electron chi connectivity index (χ0n) is 13.8. The molecule has 4 nitrogen and oxygen atoms in total. The molecule has 0 bridgehead atoms. The Morgan fingerprint density at radius 1 is 0.857 bits per heavy atom. The van der Waals surface area contributed by atoms with Crippen LogP contribution < -0.4 is 29.6 Å². The minimum atomic E-state index is -4.09. The second-order valence-electron chi connectivity index (χ2n) is 5.67. The van der Waals surface area contributed by atoms with E-state index in [0.717, 1.165) is 19.3 Å². The van der Waals surface area contributed by atoms with Gasteiger partial charge in [-0.25, -0.2) is 8.42 Å². The summed E-state index contributed by atoms with van der Waals surface area (Å²) in [5, 5.41) is 9.72. The predicted molar refractivity (Wildman–Crippen MR) is 81.6 cm³/mol. The van der Waals surface area contributed by atoms with Crippen LogP contribution in [-0.4, -0.2) is 29.9 Å². The third kappa shape index (κ3) is 20.9. The Labute approximate surface area is 153 Å². The van der Waals surface area contributed by atoms with Crippen molar-refractivity contribution >= 4 is 10.1 Å². The van der Waals surface area contributed by atoms with Gasteiger partial charge >= 0.3 is 29.6 Å². The number of unbranched alkanes of at least 4 members (excludes halogenated alkanes) is 8. The molecule has 0 fully saturated rings. The zero-order valence-corrected chi connectivity index (χ0v) is 16.7. The fraction of sp³-hybridized carbons (Fsp3) is 1.00. The molecule has 6 heteroatoms. The Bertz CT molecular complexity index is 307. The van der Waals surface area contributed by atoms with Gasteiger partial charge in [0, 0.05) is 5.75 Å². The van der Waals surface area contributed by atoms with Gasteiger partial charge in [-0.05, 0) is 25.7 Å². The first kappa shape index (κ1) is 24.1. The van der Waals surface area contributed by atoms with Crippen molar-refractivity contribution in [1.82, 2.24) is 0 Å². The van der Waals surface area contributed by atoms with Crippen molar-refractivity contribution < 1.29 is 47.6 Å². The van der Waals surface area contributed by atoms with E-state index in [-0.39, 0.29) is 41.4 Å². The Morgan fingerprint density at radius 2 is 1.29 bits per heavy atom. The number of aliphatic hydroxyl groups excluding tert-OH is 1. The van der Waals surface area contributed by atoms with Crippen molar-refractivity contribution in [2.75, 3.05) is 5.75 Å². The summed E-state index contributed by atoms with van der Waals surface area (Å²) in [6.45, 7) is 2.22. The molecular weight excluding hydrogens is 299 g/mol. The molecule has 0 aromatic heterocycles. The minimum absolute atomic E-state index is 0. The van der Waals surface area contributed by atoms with E-state index in [9.17, 15) is 18.1 Å². The summed E-state index contributed by atoms with van der Waals surface area (Å²) in [5.74, 6) is -0.308. The maximum absolute atomic E-state index is 10.4. The van der Waals surface area contributed by atoms with E-state index < -0.39 is 10.1 Å². The molecular formula is C15H31NaO4S. The van der Waals surface area contributed by atoms with Crippen molar-refractivity contribution in [2.24, 2.45) is 0 Å². The molecule has 0 saturated heterocycles. The quantitative estimate of drug-likeness (QED) is 0.287. The van der Waals surface area contributed by atoms with Crippen molar-refractivity contribution in [1.29, 1.82) is 0 Å². The van der Waals surface area contributed by atoms with E-state index in [1.54, 1.807) is 0 Å². The maximum atomic E-state index is 10.4. The van der Waals surface area contributed by atoms with Crippen LogP contribution in [0.1, 0.15) is 84.0 Å². The van der Waals surface area contributed by atoms with E-state index >= 15 is 0 Å². The Balaban J connectivity index is 0. The van der Waals surface area contributed by atoms with Crippen LogP contribution in [0.5, 0.6) is 0 Å². The normalized spacial score (nSPS) is 12.9. The summed E-state index contributed by atoms with van der Waals surface area (Å²) >= 11 is 0. The van der Waals surface area contributed by atoms with Crippen LogP contribution in [0, 0.1) is 0 Å². The van der Waals surface area contributed by atoms with E-state index in [0.29, 0.717) is 19.3 Å². The van der Waals surface area contributed by atoms with Crippen molar-refractivity contribution in [3.05, 3.63) is 0 Å².